The molecule has 1 atom stereocenters. The van der Waals surface area contributed by atoms with Crippen LogP contribution in [-0.2, 0) is 4.79 Å². The Kier molecular flexibility index (Phi) is 5.31. The van der Waals surface area contributed by atoms with Crippen LogP contribution in [0.1, 0.15) is 33.6 Å². The maximum Gasteiger partial charge on any atom is 0.320 e. The fraction of sp³-hybridized carbons (Fsp3) is 0.818. The molecule has 0 heterocycles. The van der Waals surface area contributed by atoms with Crippen molar-refractivity contribution in [1.29, 1.82) is 5.26 Å². The van der Waals surface area contributed by atoms with Crippen molar-refractivity contribution < 1.29 is 9.90 Å². The van der Waals surface area contributed by atoms with Gasteiger partial charge in [-0.3, -0.25) is 9.69 Å². The highest BCUT2D eigenvalue weighted by Gasteiger charge is 2.19. The fourth-order valence-electron chi connectivity index (χ4n) is 1.21. The normalized spacial score (nSPS) is 13.6. The molecule has 0 aliphatic rings. The van der Waals surface area contributed by atoms with Gasteiger partial charge in [0.1, 0.15) is 6.04 Å². The summed E-state index contributed by atoms with van der Waals surface area (Å²) in [5, 5.41) is 17.6. The minimum atomic E-state index is -0.808. The van der Waals surface area contributed by atoms with Crippen LogP contribution in [-0.4, -0.2) is 35.6 Å². The molecule has 86 valence electrons. The van der Waals surface area contributed by atoms with Crippen molar-refractivity contribution in [2.75, 3.05) is 13.6 Å². The number of likely N-dealkylation sites (N-methyl/N-ethyl adjacent to an activating group) is 1. The first-order valence-corrected chi connectivity index (χ1v) is 5.14. The molecule has 0 amide bonds. The van der Waals surface area contributed by atoms with E-state index in [1.54, 1.807) is 18.9 Å². The van der Waals surface area contributed by atoms with E-state index < -0.39 is 12.0 Å². The molecule has 0 aliphatic heterocycles. The van der Waals surface area contributed by atoms with E-state index in [1.165, 1.54) is 0 Å². The molecule has 4 heteroatoms. The second-order valence-corrected chi connectivity index (χ2v) is 4.59. The van der Waals surface area contributed by atoms with Crippen molar-refractivity contribution in [3.05, 3.63) is 0 Å². The Morgan fingerprint density at radius 2 is 2.13 bits per heavy atom. The first-order valence-electron chi connectivity index (χ1n) is 5.14. The molecule has 0 spiro atoms. The summed E-state index contributed by atoms with van der Waals surface area (Å²) in [6, 6.07) is 1.77. The van der Waals surface area contributed by atoms with Gasteiger partial charge in [0.05, 0.1) is 11.5 Å². The lowest BCUT2D eigenvalue weighted by molar-refractivity contribution is -0.142. The molecule has 15 heavy (non-hydrogen) atoms. The Bertz CT molecular complexity index is 256. The lowest BCUT2D eigenvalue weighted by Gasteiger charge is -2.22. The Hall–Kier alpha value is -1.08. The number of carboxylic acids is 1. The predicted octanol–water partition coefficient (Wildman–Crippen LogP) is 1.72. The van der Waals surface area contributed by atoms with Gasteiger partial charge in [0.15, 0.2) is 0 Å². The zero-order valence-corrected chi connectivity index (χ0v) is 9.95. The Labute approximate surface area is 91.5 Å². The topological polar surface area (TPSA) is 64.3 Å². The molecule has 1 N–H and O–H groups in total. The molecular weight excluding hydrogens is 192 g/mol. The molecule has 0 aromatic carbocycles. The molecule has 0 aliphatic carbocycles. The molecule has 0 rings (SSSR count). The Balaban J connectivity index is 3.88. The van der Waals surface area contributed by atoms with Crippen LogP contribution in [0.4, 0.5) is 0 Å². The van der Waals surface area contributed by atoms with Crippen molar-refractivity contribution in [2.24, 2.45) is 5.41 Å². The van der Waals surface area contributed by atoms with Gasteiger partial charge in [0.25, 0.3) is 0 Å². The van der Waals surface area contributed by atoms with E-state index in [1.807, 2.05) is 13.8 Å². The van der Waals surface area contributed by atoms with E-state index in [4.69, 9.17) is 10.4 Å². The van der Waals surface area contributed by atoms with Crippen LogP contribution >= 0.6 is 0 Å². The third kappa shape index (κ3) is 5.38. The van der Waals surface area contributed by atoms with Gasteiger partial charge in [-0.2, -0.15) is 5.26 Å². The van der Waals surface area contributed by atoms with Crippen LogP contribution in [0, 0.1) is 16.7 Å². The maximum absolute atomic E-state index is 10.7. The number of hydrogen-bond donors (Lipinski definition) is 1. The van der Waals surface area contributed by atoms with Crippen molar-refractivity contribution >= 4 is 5.97 Å². The Morgan fingerprint density at radius 3 is 2.53 bits per heavy atom. The van der Waals surface area contributed by atoms with Crippen LogP contribution in [0.5, 0.6) is 0 Å². The molecule has 1 unspecified atom stereocenters. The lowest BCUT2D eigenvalue weighted by Crippen LogP contribution is -2.36. The summed E-state index contributed by atoms with van der Waals surface area (Å²) in [7, 11) is 1.79. The van der Waals surface area contributed by atoms with Gasteiger partial charge >= 0.3 is 5.97 Å². The second-order valence-electron chi connectivity index (χ2n) is 4.59. The van der Waals surface area contributed by atoms with Crippen molar-refractivity contribution in [3.8, 4) is 6.07 Å². The van der Waals surface area contributed by atoms with Gasteiger partial charge in [-0.05, 0) is 47.2 Å². The molecule has 0 saturated heterocycles. The van der Waals surface area contributed by atoms with Crippen LogP contribution in [0.3, 0.4) is 0 Å². The third-order valence-electron chi connectivity index (χ3n) is 2.63. The molecule has 0 saturated carbocycles. The van der Waals surface area contributed by atoms with E-state index in [2.05, 4.69) is 6.07 Å². The lowest BCUT2D eigenvalue weighted by atomic mass is 9.90. The van der Waals surface area contributed by atoms with E-state index in [0.29, 0.717) is 6.54 Å². The minimum Gasteiger partial charge on any atom is -0.480 e. The number of nitrogens with zero attached hydrogens (tertiary/aromatic N) is 2. The standard InChI is InChI=1S/C11H20N2O2/c1-9(10(14)15)13(4)7-5-6-11(2,3)8-12/h9H,5-7H2,1-4H3,(H,14,15). The molecule has 0 aromatic rings. The molecular formula is C11H20N2O2. The first kappa shape index (κ1) is 13.9. The van der Waals surface area contributed by atoms with Crippen LogP contribution < -0.4 is 0 Å². The maximum atomic E-state index is 10.7. The van der Waals surface area contributed by atoms with Crippen LogP contribution in [0.25, 0.3) is 0 Å². The average molecular weight is 212 g/mol. The van der Waals surface area contributed by atoms with Gasteiger partial charge in [-0.1, -0.05) is 0 Å². The number of hydrogen-bond acceptors (Lipinski definition) is 3. The fourth-order valence-corrected chi connectivity index (χ4v) is 1.21. The van der Waals surface area contributed by atoms with Gasteiger partial charge < -0.3 is 5.11 Å². The quantitative estimate of drug-likeness (QED) is 0.728. The van der Waals surface area contributed by atoms with Crippen molar-refractivity contribution in [1.82, 2.24) is 4.90 Å². The monoisotopic (exact) mass is 212 g/mol. The highest BCUT2D eigenvalue weighted by Crippen LogP contribution is 2.20. The predicted molar refractivity (Wildman–Crippen MR) is 58.4 cm³/mol. The largest absolute Gasteiger partial charge is 0.480 e. The van der Waals surface area contributed by atoms with Gasteiger partial charge in [-0.25, -0.2) is 0 Å². The summed E-state index contributed by atoms with van der Waals surface area (Å²) >= 11 is 0. The van der Waals surface area contributed by atoms with Crippen molar-refractivity contribution in [2.45, 2.75) is 39.7 Å². The van der Waals surface area contributed by atoms with Crippen LogP contribution in [0.2, 0.25) is 0 Å². The molecule has 0 aromatic heterocycles. The first-order chi connectivity index (χ1) is 6.80. The van der Waals surface area contributed by atoms with E-state index in [0.717, 1.165) is 12.8 Å². The van der Waals surface area contributed by atoms with E-state index >= 15 is 0 Å². The summed E-state index contributed by atoms with van der Waals surface area (Å²) in [4.78, 5) is 12.5. The smallest absolute Gasteiger partial charge is 0.320 e. The zero-order chi connectivity index (χ0) is 12.1. The summed E-state index contributed by atoms with van der Waals surface area (Å²) < 4.78 is 0. The highest BCUT2D eigenvalue weighted by atomic mass is 16.4. The summed E-state index contributed by atoms with van der Waals surface area (Å²) in [5.74, 6) is -0.808. The highest BCUT2D eigenvalue weighted by molar-refractivity contribution is 5.72. The van der Waals surface area contributed by atoms with E-state index in [-0.39, 0.29) is 5.41 Å². The SMILES string of the molecule is CC(C(=O)O)N(C)CCCC(C)(C)C#N. The Morgan fingerprint density at radius 1 is 1.60 bits per heavy atom. The van der Waals surface area contributed by atoms with Gasteiger partial charge in [-0.15, -0.1) is 0 Å². The molecule has 0 bridgehead atoms. The third-order valence-corrected chi connectivity index (χ3v) is 2.63. The van der Waals surface area contributed by atoms with Crippen molar-refractivity contribution in [3.63, 3.8) is 0 Å². The van der Waals surface area contributed by atoms with Gasteiger partial charge in [0, 0.05) is 0 Å². The number of aliphatic carboxylic acids is 1. The van der Waals surface area contributed by atoms with E-state index in [9.17, 15) is 4.79 Å². The molecule has 4 nitrogen and oxygen atoms in total. The molecule has 0 radical (unpaired) electrons. The number of carboxylic acid groups (broad SMARTS) is 1. The van der Waals surface area contributed by atoms with Crippen LogP contribution in [0.15, 0.2) is 0 Å². The summed E-state index contributed by atoms with van der Waals surface area (Å²) in [5.41, 5.74) is -0.312. The zero-order valence-electron chi connectivity index (χ0n) is 9.95. The average Bonchev–Trinajstić information content (AvgIpc) is 2.16. The summed E-state index contributed by atoms with van der Waals surface area (Å²) in [6.07, 6.45) is 1.63. The van der Waals surface area contributed by atoms with Gasteiger partial charge in [0.2, 0.25) is 0 Å². The number of carbonyl (C=O) groups is 1. The summed E-state index contributed by atoms with van der Waals surface area (Å²) in [6.45, 7) is 6.16. The molecule has 0 fully saturated rings. The minimum absolute atomic E-state index is 0.312. The number of rotatable bonds is 6. The number of nitriles is 1. The second kappa shape index (κ2) is 5.72.